The van der Waals surface area contributed by atoms with E-state index < -0.39 is 10.2 Å². The summed E-state index contributed by atoms with van der Waals surface area (Å²) in [6, 6.07) is 0.376. The first-order valence-corrected chi connectivity index (χ1v) is 14.7. The van der Waals surface area contributed by atoms with E-state index in [-0.39, 0.29) is 12.0 Å². The molecule has 12 heteroatoms. The molecular weight excluding hydrogens is 488 g/mol. The summed E-state index contributed by atoms with van der Waals surface area (Å²) < 4.78 is 35.0. The highest BCUT2D eigenvalue weighted by atomic mass is 32.2. The SMILES string of the molecule is CNS(=O)(=O)N1CCc2sc3ncnc(OC4CCC(N(C)CC(=O)N5CCCC5)CC4)c3c2C1. The number of aromatic nitrogens is 2. The van der Waals surface area contributed by atoms with Crippen molar-refractivity contribution in [1.29, 1.82) is 0 Å². The van der Waals surface area contributed by atoms with Crippen molar-refractivity contribution in [3.63, 3.8) is 0 Å². The van der Waals surface area contributed by atoms with Crippen molar-refractivity contribution in [2.45, 2.75) is 63.6 Å². The number of carbonyl (C=O) groups excluding carboxylic acids is 1. The van der Waals surface area contributed by atoms with E-state index in [0.717, 1.165) is 72.3 Å². The minimum absolute atomic E-state index is 0.0447. The topological polar surface area (TPSA) is 108 Å². The highest BCUT2D eigenvalue weighted by Gasteiger charge is 2.32. The van der Waals surface area contributed by atoms with Gasteiger partial charge in [-0.05, 0) is 57.6 Å². The summed E-state index contributed by atoms with van der Waals surface area (Å²) in [5.74, 6) is 0.792. The Hall–Kier alpha value is -1.86. The van der Waals surface area contributed by atoms with Crippen LogP contribution in [0.15, 0.2) is 6.33 Å². The van der Waals surface area contributed by atoms with Gasteiger partial charge in [-0.3, -0.25) is 9.69 Å². The maximum atomic E-state index is 12.5. The van der Waals surface area contributed by atoms with E-state index in [1.54, 1.807) is 11.3 Å². The quantitative estimate of drug-likeness (QED) is 0.590. The van der Waals surface area contributed by atoms with Gasteiger partial charge < -0.3 is 9.64 Å². The first-order chi connectivity index (χ1) is 16.9. The monoisotopic (exact) mass is 522 g/mol. The molecule has 192 valence electrons. The maximum absolute atomic E-state index is 12.5. The fourth-order valence-electron chi connectivity index (χ4n) is 5.45. The fraction of sp³-hybridized carbons (Fsp3) is 0.696. The molecular formula is C23H34N6O4S2. The number of fused-ring (bicyclic) bond motifs is 3. The first-order valence-electron chi connectivity index (χ1n) is 12.4. The van der Waals surface area contributed by atoms with Crippen molar-refractivity contribution < 1.29 is 17.9 Å². The molecule has 1 amide bonds. The summed E-state index contributed by atoms with van der Waals surface area (Å²) in [4.78, 5) is 27.6. The summed E-state index contributed by atoms with van der Waals surface area (Å²) in [6.07, 6.45) is 8.20. The number of carbonyl (C=O) groups is 1. The molecule has 0 unspecified atom stereocenters. The van der Waals surface area contributed by atoms with E-state index in [9.17, 15) is 13.2 Å². The van der Waals surface area contributed by atoms with Gasteiger partial charge >= 0.3 is 0 Å². The average Bonchev–Trinajstić information content (AvgIpc) is 3.53. The molecule has 0 spiro atoms. The predicted octanol–water partition coefficient (Wildman–Crippen LogP) is 1.76. The lowest BCUT2D eigenvalue weighted by atomic mass is 9.92. The summed E-state index contributed by atoms with van der Waals surface area (Å²) in [5.41, 5.74) is 0.958. The van der Waals surface area contributed by atoms with Gasteiger partial charge in [0.1, 0.15) is 17.3 Å². The molecule has 2 aliphatic heterocycles. The molecule has 4 heterocycles. The van der Waals surface area contributed by atoms with Crippen molar-refractivity contribution >= 4 is 37.7 Å². The second-order valence-electron chi connectivity index (χ2n) is 9.71. The van der Waals surface area contributed by atoms with Gasteiger partial charge in [0, 0.05) is 44.1 Å². The second kappa shape index (κ2) is 10.3. The van der Waals surface area contributed by atoms with Crippen LogP contribution in [0.1, 0.15) is 49.0 Å². The number of likely N-dealkylation sites (tertiary alicyclic amines) is 1. The lowest BCUT2D eigenvalue weighted by Gasteiger charge is -2.35. The number of nitrogens with zero attached hydrogens (tertiary/aromatic N) is 5. The number of hydrogen-bond acceptors (Lipinski definition) is 8. The molecule has 1 aliphatic carbocycles. The Morgan fingerprint density at radius 1 is 1.20 bits per heavy atom. The number of thiophene rings is 1. The summed E-state index contributed by atoms with van der Waals surface area (Å²) in [7, 11) is -0.0177. The Balaban J connectivity index is 1.24. The third kappa shape index (κ3) is 5.17. The van der Waals surface area contributed by atoms with Gasteiger partial charge in [-0.25, -0.2) is 14.7 Å². The largest absolute Gasteiger partial charge is 0.474 e. The molecule has 0 radical (unpaired) electrons. The van der Waals surface area contributed by atoms with Gasteiger partial charge in [-0.2, -0.15) is 12.7 Å². The molecule has 1 saturated heterocycles. The zero-order chi connectivity index (χ0) is 24.6. The van der Waals surface area contributed by atoms with Gasteiger partial charge in [-0.15, -0.1) is 11.3 Å². The van der Waals surface area contributed by atoms with Crippen LogP contribution in [0.5, 0.6) is 5.88 Å². The third-order valence-corrected chi connectivity index (χ3v) is 10.3. The summed E-state index contributed by atoms with van der Waals surface area (Å²) >= 11 is 1.60. The Morgan fingerprint density at radius 3 is 2.66 bits per heavy atom. The van der Waals surface area contributed by atoms with E-state index >= 15 is 0 Å². The van der Waals surface area contributed by atoms with Crippen LogP contribution in [0.2, 0.25) is 0 Å². The van der Waals surface area contributed by atoms with E-state index in [2.05, 4.69) is 26.6 Å². The van der Waals surface area contributed by atoms with E-state index in [4.69, 9.17) is 4.74 Å². The van der Waals surface area contributed by atoms with Crippen LogP contribution < -0.4 is 9.46 Å². The van der Waals surface area contributed by atoms with Gasteiger partial charge in [0.25, 0.3) is 10.2 Å². The summed E-state index contributed by atoms with van der Waals surface area (Å²) in [5, 5.41) is 0.846. The lowest BCUT2D eigenvalue weighted by Crippen LogP contribution is -2.44. The molecule has 0 atom stereocenters. The van der Waals surface area contributed by atoms with E-state index in [1.165, 1.54) is 17.7 Å². The normalized spacial score (nSPS) is 23.7. The van der Waals surface area contributed by atoms with Crippen LogP contribution in [-0.4, -0.2) is 90.8 Å². The molecule has 10 nitrogen and oxygen atoms in total. The van der Waals surface area contributed by atoms with Crippen molar-refractivity contribution in [1.82, 2.24) is 28.8 Å². The number of amides is 1. The number of ether oxygens (including phenoxy) is 1. The van der Waals surface area contributed by atoms with Crippen LogP contribution in [0, 0.1) is 0 Å². The van der Waals surface area contributed by atoms with Crippen LogP contribution in [0.4, 0.5) is 0 Å². The standard InChI is InChI=1S/C23H34N6O4S2/c1-24-35(31,32)29-12-9-19-18(13-29)21-22(25-15-26-23(21)34-19)33-17-7-5-16(6-8-17)27(2)14-20(30)28-10-3-4-11-28/h15-17,24H,3-14H2,1-2H3. The van der Waals surface area contributed by atoms with Crippen molar-refractivity contribution in [2.24, 2.45) is 0 Å². The lowest BCUT2D eigenvalue weighted by molar-refractivity contribution is -0.131. The number of nitrogens with one attached hydrogen (secondary N) is 1. The number of rotatable bonds is 7. The number of hydrogen-bond donors (Lipinski definition) is 1. The first kappa shape index (κ1) is 24.8. The Kier molecular flexibility index (Phi) is 7.27. The van der Waals surface area contributed by atoms with Gasteiger partial charge in [0.05, 0.1) is 11.9 Å². The molecule has 0 bridgehead atoms. The Morgan fingerprint density at radius 2 is 1.94 bits per heavy atom. The van der Waals surface area contributed by atoms with E-state index in [1.807, 2.05) is 4.90 Å². The van der Waals surface area contributed by atoms with Crippen molar-refractivity contribution in [3.8, 4) is 5.88 Å². The number of likely N-dealkylation sites (N-methyl/N-ethyl adjacent to an activating group) is 1. The second-order valence-corrected chi connectivity index (χ2v) is 12.7. The molecule has 1 saturated carbocycles. The minimum Gasteiger partial charge on any atom is -0.474 e. The van der Waals surface area contributed by atoms with Crippen LogP contribution >= 0.6 is 11.3 Å². The molecule has 1 N–H and O–H groups in total. The van der Waals surface area contributed by atoms with Crippen LogP contribution in [-0.2, 0) is 28.0 Å². The van der Waals surface area contributed by atoms with Crippen molar-refractivity contribution in [2.75, 3.05) is 40.3 Å². The molecule has 3 aliphatic rings. The minimum atomic E-state index is -3.50. The zero-order valence-corrected chi connectivity index (χ0v) is 22.0. The van der Waals surface area contributed by atoms with Crippen LogP contribution in [0.3, 0.4) is 0 Å². The molecule has 2 aromatic rings. The zero-order valence-electron chi connectivity index (χ0n) is 20.4. The molecule has 35 heavy (non-hydrogen) atoms. The van der Waals surface area contributed by atoms with Crippen molar-refractivity contribution in [3.05, 3.63) is 16.8 Å². The molecule has 5 rings (SSSR count). The van der Waals surface area contributed by atoms with Gasteiger partial charge in [0.15, 0.2) is 0 Å². The molecule has 0 aromatic carbocycles. The smallest absolute Gasteiger partial charge is 0.279 e. The van der Waals surface area contributed by atoms with Crippen LogP contribution in [0.25, 0.3) is 10.2 Å². The van der Waals surface area contributed by atoms with E-state index in [0.29, 0.717) is 38.0 Å². The Bertz CT molecular complexity index is 1170. The molecule has 2 aromatic heterocycles. The Labute approximate surface area is 210 Å². The summed E-state index contributed by atoms with van der Waals surface area (Å²) in [6.45, 7) is 3.02. The van der Waals surface area contributed by atoms with Gasteiger partial charge in [0.2, 0.25) is 11.8 Å². The average molecular weight is 523 g/mol. The highest BCUT2D eigenvalue weighted by molar-refractivity contribution is 7.87. The fourth-order valence-corrected chi connectivity index (χ4v) is 7.47. The maximum Gasteiger partial charge on any atom is 0.279 e. The molecule has 2 fully saturated rings. The highest BCUT2D eigenvalue weighted by Crippen LogP contribution is 2.39. The predicted molar refractivity (Wildman–Crippen MR) is 135 cm³/mol. The van der Waals surface area contributed by atoms with Gasteiger partial charge in [-0.1, -0.05) is 0 Å². The third-order valence-electron chi connectivity index (χ3n) is 7.55.